The summed E-state index contributed by atoms with van der Waals surface area (Å²) in [7, 11) is 0. The minimum atomic E-state index is -0.950. The molecule has 1 heterocycles. The SMILES string of the molecule is CC[C@@](C)(CC(=O)O)NC(=O)[C@H]1CSCN1C(C)=O. The van der Waals surface area contributed by atoms with Crippen molar-refractivity contribution in [1.29, 1.82) is 0 Å². The van der Waals surface area contributed by atoms with E-state index in [0.29, 0.717) is 18.1 Å². The van der Waals surface area contributed by atoms with Gasteiger partial charge < -0.3 is 15.3 Å². The molecule has 0 unspecified atom stereocenters. The number of thioether (sulfide) groups is 1. The third-order valence-corrected chi connectivity index (χ3v) is 4.35. The first-order valence-corrected chi connectivity index (χ1v) is 7.33. The van der Waals surface area contributed by atoms with Crippen LogP contribution in [0.15, 0.2) is 0 Å². The second-order valence-electron chi connectivity index (χ2n) is 4.98. The van der Waals surface area contributed by atoms with E-state index >= 15 is 0 Å². The van der Waals surface area contributed by atoms with Crippen molar-refractivity contribution >= 4 is 29.5 Å². The van der Waals surface area contributed by atoms with E-state index in [2.05, 4.69) is 5.32 Å². The molecule has 1 aliphatic heterocycles. The van der Waals surface area contributed by atoms with Crippen LogP contribution in [0.3, 0.4) is 0 Å². The Bertz CT molecular complexity index is 388. The van der Waals surface area contributed by atoms with Crippen LogP contribution in [0.5, 0.6) is 0 Å². The zero-order valence-electron chi connectivity index (χ0n) is 11.4. The van der Waals surface area contributed by atoms with Crippen LogP contribution < -0.4 is 5.32 Å². The predicted molar refractivity (Wildman–Crippen MR) is 72.7 cm³/mol. The first-order chi connectivity index (χ1) is 8.79. The van der Waals surface area contributed by atoms with Crippen LogP contribution in [0.2, 0.25) is 0 Å². The Morgan fingerprint density at radius 1 is 1.47 bits per heavy atom. The lowest BCUT2D eigenvalue weighted by molar-refractivity contribution is -0.141. The molecule has 7 heteroatoms. The summed E-state index contributed by atoms with van der Waals surface area (Å²) in [4.78, 5) is 36.0. The van der Waals surface area contributed by atoms with Gasteiger partial charge in [-0.15, -0.1) is 11.8 Å². The number of hydrogen-bond donors (Lipinski definition) is 2. The summed E-state index contributed by atoms with van der Waals surface area (Å²) >= 11 is 1.52. The molecule has 0 aromatic rings. The molecule has 2 amide bonds. The van der Waals surface area contributed by atoms with E-state index in [1.54, 1.807) is 6.92 Å². The number of carbonyl (C=O) groups excluding carboxylic acids is 2. The molecule has 1 saturated heterocycles. The van der Waals surface area contributed by atoms with Crippen molar-refractivity contribution in [1.82, 2.24) is 10.2 Å². The van der Waals surface area contributed by atoms with Crippen LogP contribution in [-0.2, 0) is 14.4 Å². The summed E-state index contributed by atoms with van der Waals surface area (Å²) in [5, 5.41) is 11.7. The largest absolute Gasteiger partial charge is 0.481 e. The lowest BCUT2D eigenvalue weighted by atomic mass is 9.94. The Kier molecular flexibility index (Phi) is 5.22. The highest BCUT2D eigenvalue weighted by molar-refractivity contribution is 7.99. The number of nitrogens with one attached hydrogen (secondary N) is 1. The number of hydrogen-bond acceptors (Lipinski definition) is 4. The number of carboxylic acid groups (broad SMARTS) is 1. The van der Waals surface area contributed by atoms with Crippen molar-refractivity contribution in [3.05, 3.63) is 0 Å². The molecule has 0 aliphatic carbocycles. The third-order valence-electron chi connectivity index (χ3n) is 3.34. The van der Waals surface area contributed by atoms with E-state index in [-0.39, 0.29) is 18.2 Å². The number of amides is 2. The topological polar surface area (TPSA) is 86.7 Å². The van der Waals surface area contributed by atoms with Crippen molar-refractivity contribution < 1.29 is 19.5 Å². The van der Waals surface area contributed by atoms with E-state index in [9.17, 15) is 14.4 Å². The first-order valence-electron chi connectivity index (χ1n) is 6.18. The van der Waals surface area contributed by atoms with Gasteiger partial charge in [0.05, 0.1) is 12.3 Å². The van der Waals surface area contributed by atoms with Gasteiger partial charge >= 0.3 is 5.97 Å². The second kappa shape index (κ2) is 6.27. The number of rotatable bonds is 5. The maximum absolute atomic E-state index is 12.2. The molecule has 1 aliphatic rings. The van der Waals surface area contributed by atoms with Crippen molar-refractivity contribution in [2.24, 2.45) is 0 Å². The summed E-state index contributed by atoms with van der Waals surface area (Å²) in [6.07, 6.45) is 0.389. The average Bonchev–Trinajstić information content (AvgIpc) is 2.76. The van der Waals surface area contributed by atoms with E-state index in [4.69, 9.17) is 5.11 Å². The molecule has 1 rings (SSSR count). The fourth-order valence-electron chi connectivity index (χ4n) is 1.94. The highest BCUT2D eigenvalue weighted by Crippen LogP contribution is 2.23. The van der Waals surface area contributed by atoms with Gasteiger partial charge in [-0.25, -0.2) is 0 Å². The van der Waals surface area contributed by atoms with Crippen LogP contribution in [0.1, 0.15) is 33.6 Å². The first kappa shape index (κ1) is 15.8. The van der Waals surface area contributed by atoms with Crippen molar-refractivity contribution in [2.45, 2.75) is 45.2 Å². The standard InChI is InChI=1S/C12H20N2O4S/c1-4-12(3,5-10(16)17)13-11(18)9-6-19-7-14(9)8(2)15/h9H,4-7H2,1-3H3,(H,13,18)(H,16,17)/t9-,12+/m1/s1. The molecule has 19 heavy (non-hydrogen) atoms. The molecule has 0 radical (unpaired) electrons. The van der Waals surface area contributed by atoms with Gasteiger partial charge in [-0.3, -0.25) is 14.4 Å². The van der Waals surface area contributed by atoms with Crippen molar-refractivity contribution in [3.8, 4) is 0 Å². The minimum Gasteiger partial charge on any atom is -0.481 e. The van der Waals surface area contributed by atoms with Crippen LogP contribution in [0, 0.1) is 0 Å². The molecule has 0 saturated carbocycles. The molecule has 108 valence electrons. The molecule has 0 spiro atoms. The van der Waals surface area contributed by atoms with E-state index < -0.39 is 17.6 Å². The summed E-state index contributed by atoms with van der Waals surface area (Å²) in [6, 6.07) is -0.498. The molecule has 0 bridgehead atoms. The van der Waals surface area contributed by atoms with Crippen LogP contribution >= 0.6 is 11.8 Å². The molecule has 6 nitrogen and oxygen atoms in total. The van der Waals surface area contributed by atoms with E-state index in [1.807, 2.05) is 6.92 Å². The van der Waals surface area contributed by atoms with Crippen molar-refractivity contribution in [3.63, 3.8) is 0 Å². The fraction of sp³-hybridized carbons (Fsp3) is 0.750. The van der Waals surface area contributed by atoms with Gasteiger partial charge in [-0.05, 0) is 13.3 Å². The van der Waals surface area contributed by atoms with Gasteiger partial charge in [0.1, 0.15) is 6.04 Å². The quantitative estimate of drug-likeness (QED) is 0.776. The monoisotopic (exact) mass is 288 g/mol. The smallest absolute Gasteiger partial charge is 0.305 e. The van der Waals surface area contributed by atoms with E-state index in [0.717, 1.165) is 0 Å². The lowest BCUT2D eigenvalue weighted by Crippen LogP contribution is -2.54. The van der Waals surface area contributed by atoms with Gasteiger partial charge in [-0.1, -0.05) is 6.92 Å². The number of nitrogens with zero attached hydrogens (tertiary/aromatic N) is 1. The number of aliphatic carboxylic acids is 1. The van der Waals surface area contributed by atoms with Gasteiger partial charge in [0.25, 0.3) is 0 Å². The fourth-order valence-corrected chi connectivity index (χ4v) is 3.16. The molecule has 1 fully saturated rings. The van der Waals surface area contributed by atoms with Crippen molar-refractivity contribution in [2.75, 3.05) is 11.6 Å². The van der Waals surface area contributed by atoms with Gasteiger partial charge in [0.2, 0.25) is 11.8 Å². The lowest BCUT2D eigenvalue weighted by Gasteiger charge is -2.31. The highest BCUT2D eigenvalue weighted by Gasteiger charge is 2.36. The molecule has 0 aromatic carbocycles. The molecular weight excluding hydrogens is 268 g/mol. The Morgan fingerprint density at radius 2 is 2.11 bits per heavy atom. The summed E-state index contributed by atoms with van der Waals surface area (Å²) in [5.74, 6) is -0.297. The number of carbonyl (C=O) groups is 3. The van der Waals surface area contributed by atoms with E-state index in [1.165, 1.54) is 23.6 Å². The number of carboxylic acids is 1. The van der Waals surface area contributed by atoms with Gasteiger partial charge in [0.15, 0.2) is 0 Å². The average molecular weight is 288 g/mol. The molecular formula is C12H20N2O4S. The zero-order chi connectivity index (χ0) is 14.6. The zero-order valence-corrected chi connectivity index (χ0v) is 12.2. The Balaban J connectivity index is 2.72. The predicted octanol–water partition coefficient (Wildman–Crippen LogP) is 0.667. The van der Waals surface area contributed by atoms with Crippen LogP contribution in [0.4, 0.5) is 0 Å². The Labute approximate surface area is 116 Å². The Morgan fingerprint density at radius 3 is 2.58 bits per heavy atom. The minimum absolute atomic E-state index is 0.130. The third kappa shape index (κ3) is 4.12. The molecule has 0 aromatic heterocycles. The summed E-state index contributed by atoms with van der Waals surface area (Å²) < 4.78 is 0. The van der Waals surface area contributed by atoms with Crippen LogP contribution in [0.25, 0.3) is 0 Å². The van der Waals surface area contributed by atoms with Crippen LogP contribution in [-0.4, -0.2) is 51.0 Å². The Hall–Kier alpha value is -1.24. The maximum Gasteiger partial charge on any atom is 0.305 e. The second-order valence-corrected chi connectivity index (χ2v) is 5.98. The molecule has 2 N–H and O–H groups in total. The summed E-state index contributed by atoms with van der Waals surface area (Å²) in [6.45, 7) is 4.97. The molecule has 2 atom stereocenters. The normalized spacial score (nSPS) is 21.8. The summed E-state index contributed by atoms with van der Waals surface area (Å²) in [5.41, 5.74) is -0.779. The highest BCUT2D eigenvalue weighted by atomic mass is 32.2. The van der Waals surface area contributed by atoms with Gasteiger partial charge in [-0.2, -0.15) is 0 Å². The van der Waals surface area contributed by atoms with Gasteiger partial charge in [0, 0.05) is 18.2 Å². The maximum atomic E-state index is 12.2.